The second kappa shape index (κ2) is 9.21. The van der Waals surface area contributed by atoms with Crippen molar-refractivity contribution >= 4 is 45.5 Å². The molecule has 1 atom stereocenters. The Morgan fingerprint density at radius 1 is 1.19 bits per heavy atom. The number of nitrogens with zero attached hydrogens (tertiary/aromatic N) is 1. The number of nitro groups is 1. The number of halogens is 1. The molecule has 0 aliphatic carbocycles. The number of carbonyl (C=O) groups is 3. The minimum absolute atomic E-state index is 0.0134. The average Bonchev–Trinajstić information content (AvgIpc) is 3.02. The molecule has 31 heavy (non-hydrogen) atoms. The van der Waals surface area contributed by atoms with Crippen LogP contribution in [0.2, 0.25) is 0 Å². The van der Waals surface area contributed by atoms with E-state index in [-0.39, 0.29) is 16.5 Å². The molecule has 2 rings (SSSR count). The average molecular weight is 451 g/mol. The van der Waals surface area contributed by atoms with Gasteiger partial charge in [-0.3, -0.25) is 19.7 Å². The molecule has 0 spiro atoms. The summed E-state index contributed by atoms with van der Waals surface area (Å²) in [5, 5.41) is 16.4. The first-order chi connectivity index (χ1) is 14.3. The molecular weight excluding hydrogens is 429 g/mol. The van der Waals surface area contributed by atoms with Gasteiger partial charge in [-0.2, -0.15) is 4.39 Å². The van der Waals surface area contributed by atoms with Crippen molar-refractivity contribution in [2.45, 2.75) is 40.7 Å². The van der Waals surface area contributed by atoms with Gasteiger partial charge in [0.15, 0.2) is 6.10 Å². The largest absolute Gasteiger partial charge is 0.448 e. The Morgan fingerprint density at radius 3 is 2.42 bits per heavy atom. The predicted molar refractivity (Wildman–Crippen MR) is 114 cm³/mol. The van der Waals surface area contributed by atoms with Crippen LogP contribution in [-0.4, -0.2) is 28.8 Å². The van der Waals surface area contributed by atoms with E-state index in [1.807, 2.05) is 0 Å². The van der Waals surface area contributed by atoms with Crippen LogP contribution >= 0.6 is 11.3 Å². The van der Waals surface area contributed by atoms with Crippen molar-refractivity contribution in [3.8, 4) is 0 Å². The van der Waals surface area contributed by atoms with Gasteiger partial charge in [0.2, 0.25) is 11.7 Å². The maximum atomic E-state index is 13.4. The molecule has 0 bridgehead atoms. The van der Waals surface area contributed by atoms with Crippen molar-refractivity contribution in [2.75, 3.05) is 10.6 Å². The Kier molecular flexibility index (Phi) is 7.11. The number of nitro benzene ring substituents is 1. The molecule has 1 aromatic heterocycles. The third-order valence-electron chi connectivity index (χ3n) is 4.08. The van der Waals surface area contributed by atoms with E-state index >= 15 is 0 Å². The summed E-state index contributed by atoms with van der Waals surface area (Å²) in [6.45, 7) is 8.27. The van der Waals surface area contributed by atoms with Crippen LogP contribution in [0, 0.1) is 28.3 Å². The molecule has 0 aliphatic rings. The fraction of sp³-hybridized carbons (Fsp3) is 0.350. The molecule has 0 radical (unpaired) electrons. The van der Waals surface area contributed by atoms with Gasteiger partial charge in [0.1, 0.15) is 4.88 Å². The van der Waals surface area contributed by atoms with Gasteiger partial charge in [-0.15, -0.1) is 11.3 Å². The highest BCUT2D eigenvalue weighted by Crippen LogP contribution is 2.29. The molecule has 2 aromatic rings. The second-order valence-electron chi connectivity index (χ2n) is 7.79. The predicted octanol–water partition coefficient (Wildman–Crippen LogP) is 4.27. The molecule has 9 nitrogen and oxygen atoms in total. The summed E-state index contributed by atoms with van der Waals surface area (Å²) in [4.78, 5) is 47.0. The molecule has 166 valence electrons. The lowest BCUT2D eigenvalue weighted by atomic mass is 9.96. The molecule has 2 amide bonds. The van der Waals surface area contributed by atoms with Gasteiger partial charge in [0.05, 0.1) is 9.92 Å². The van der Waals surface area contributed by atoms with Crippen molar-refractivity contribution in [3.63, 3.8) is 0 Å². The number of nitrogens with one attached hydrogen (secondary N) is 2. The standard InChI is InChI=1S/C20H22FN3O6S/c1-10-8-15(23-19(27)20(3,4)5)31-16(10)18(26)30-11(2)17(25)22-12-6-7-13(21)14(9-12)24(28)29/h6-9,11H,1-5H3,(H,22,25)(H,23,27). The van der Waals surface area contributed by atoms with Crippen LogP contribution in [0.3, 0.4) is 0 Å². The highest BCUT2D eigenvalue weighted by Gasteiger charge is 2.25. The summed E-state index contributed by atoms with van der Waals surface area (Å²) in [5.74, 6) is -2.75. The van der Waals surface area contributed by atoms with Gasteiger partial charge in [-0.05, 0) is 37.6 Å². The minimum Gasteiger partial charge on any atom is -0.448 e. The minimum atomic E-state index is -1.23. The molecule has 1 heterocycles. The first kappa shape index (κ1) is 23.9. The van der Waals surface area contributed by atoms with Crippen molar-refractivity contribution in [2.24, 2.45) is 5.41 Å². The number of ether oxygens (including phenoxy) is 1. The molecular formula is C20H22FN3O6S. The summed E-state index contributed by atoms with van der Waals surface area (Å²) in [7, 11) is 0. The number of anilines is 2. The number of amides is 2. The van der Waals surface area contributed by atoms with Gasteiger partial charge in [0.25, 0.3) is 5.91 Å². The quantitative estimate of drug-likeness (QED) is 0.383. The van der Waals surface area contributed by atoms with E-state index in [0.717, 1.165) is 29.5 Å². The third-order valence-corrected chi connectivity index (χ3v) is 5.22. The zero-order chi connectivity index (χ0) is 23.5. The van der Waals surface area contributed by atoms with E-state index in [0.29, 0.717) is 10.6 Å². The molecule has 1 aromatic carbocycles. The lowest BCUT2D eigenvalue weighted by Crippen LogP contribution is -2.30. The Bertz CT molecular complexity index is 1040. The van der Waals surface area contributed by atoms with Gasteiger partial charge < -0.3 is 15.4 Å². The van der Waals surface area contributed by atoms with Crippen molar-refractivity contribution < 1.29 is 28.4 Å². The number of esters is 1. The number of rotatable bonds is 6. The van der Waals surface area contributed by atoms with Crippen molar-refractivity contribution in [1.82, 2.24) is 0 Å². The van der Waals surface area contributed by atoms with Crippen molar-refractivity contribution in [3.05, 3.63) is 50.6 Å². The zero-order valence-corrected chi connectivity index (χ0v) is 18.4. The van der Waals surface area contributed by atoms with Gasteiger partial charge in [-0.1, -0.05) is 20.8 Å². The number of carbonyl (C=O) groups excluding carboxylic acids is 3. The second-order valence-corrected chi connectivity index (χ2v) is 8.84. The van der Waals surface area contributed by atoms with E-state index < -0.39 is 39.8 Å². The molecule has 11 heteroatoms. The molecule has 0 saturated carbocycles. The lowest BCUT2D eigenvalue weighted by Gasteiger charge is -2.16. The maximum absolute atomic E-state index is 13.4. The van der Waals surface area contributed by atoms with Crippen molar-refractivity contribution in [1.29, 1.82) is 0 Å². The highest BCUT2D eigenvalue weighted by molar-refractivity contribution is 7.18. The van der Waals surface area contributed by atoms with Crippen LogP contribution in [0.4, 0.5) is 20.8 Å². The van der Waals surface area contributed by atoms with Crippen LogP contribution in [0.25, 0.3) is 0 Å². The Labute approximate surface area is 181 Å². The Balaban J connectivity index is 2.05. The molecule has 0 fully saturated rings. The Hall–Kier alpha value is -3.34. The lowest BCUT2D eigenvalue weighted by molar-refractivity contribution is -0.387. The number of thiophene rings is 1. The van der Waals surface area contributed by atoms with Gasteiger partial charge in [0, 0.05) is 17.2 Å². The van der Waals surface area contributed by atoms with Crippen LogP contribution in [0.1, 0.15) is 42.9 Å². The number of hydrogen-bond donors (Lipinski definition) is 2. The fourth-order valence-electron chi connectivity index (χ4n) is 2.29. The smallest absolute Gasteiger partial charge is 0.349 e. The van der Waals surface area contributed by atoms with Crippen LogP contribution in [0.5, 0.6) is 0 Å². The zero-order valence-electron chi connectivity index (χ0n) is 17.6. The van der Waals surface area contributed by atoms with Gasteiger partial charge >= 0.3 is 11.7 Å². The highest BCUT2D eigenvalue weighted by atomic mass is 32.1. The van der Waals surface area contributed by atoms with Crippen LogP contribution < -0.4 is 10.6 Å². The van der Waals surface area contributed by atoms with Crippen LogP contribution in [0.15, 0.2) is 24.3 Å². The molecule has 0 aliphatic heterocycles. The SMILES string of the molecule is Cc1cc(NC(=O)C(C)(C)C)sc1C(=O)OC(C)C(=O)Nc1ccc(F)c([N+](=O)[O-])c1. The maximum Gasteiger partial charge on any atom is 0.349 e. The third kappa shape index (κ3) is 6.07. The summed E-state index contributed by atoms with van der Waals surface area (Å²) < 4.78 is 18.6. The fourth-order valence-corrected chi connectivity index (χ4v) is 3.24. The molecule has 0 saturated heterocycles. The summed E-state index contributed by atoms with van der Waals surface area (Å²) in [6, 6.07) is 4.51. The molecule has 2 N–H and O–H groups in total. The van der Waals surface area contributed by atoms with E-state index in [9.17, 15) is 28.9 Å². The van der Waals surface area contributed by atoms with E-state index in [1.54, 1.807) is 33.8 Å². The normalized spacial score (nSPS) is 12.1. The first-order valence-corrected chi connectivity index (χ1v) is 9.99. The first-order valence-electron chi connectivity index (χ1n) is 9.17. The monoisotopic (exact) mass is 451 g/mol. The summed E-state index contributed by atoms with van der Waals surface area (Å²) >= 11 is 1.02. The number of benzene rings is 1. The van der Waals surface area contributed by atoms with E-state index in [4.69, 9.17) is 4.74 Å². The number of aryl methyl sites for hydroxylation is 1. The molecule has 1 unspecified atom stereocenters. The number of hydrogen-bond acceptors (Lipinski definition) is 7. The topological polar surface area (TPSA) is 128 Å². The Morgan fingerprint density at radius 2 is 1.84 bits per heavy atom. The van der Waals surface area contributed by atoms with Gasteiger partial charge in [-0.25, -0.2) is 4.79 Å². The van der Waals surface area contributed by atoms with E-state index in [2.05, 4.69) is 10.6 Å². The van der Waals surface area contributed by atoms with E-state index in [1.165, 1.54) is 6.92 Å². The summed E-state index contributed by atoms with van der Waals surface area (Å²) in [6.07, 6.45) is -1.23. The van der Waals surface area contributed by atoms with Crippen LogP contribution in [-0.2, 0) is 14.3 Å². The summed E-state index contributed by atoms with van der Waals surface area (Å²) in [5.41, 5.74) is -0.844.